The summed E-state index contributed by atoms with van der Waals surface area (Å²) in [4.78, 5) is 0. The lowest BCUT2D eigenvalue weighted by Gasteiger charge is -2.22. The van der Waals surface area contributed by atoms with Crippen molar-refractivity contribution in [3.63, 3.8) is 0 Å². The van der Waals surface area contributed by atoms with Crippen LogP contribution in [0.3, 0.4) is 0 Å². The Morgan fingerprint density at radius 2 is 0.539 bits per heavy atom. The van der Waals surface area contributed by atoms with Crippen molar-refractivity contribution in [3.05, 3.63) is 306 Å². The molecule has 76 heavy (non-hydrogen) atoms. The van der Waals surface area contributed by atoms with Crippen molar-refractivity contribution in [2.75, 3.05) is 0 Å². The quantitative estimate of drug-likeness (QED) is 0.154. The Balaban J connectivity index is 1.05. The van der Waals surface area contributed by atoms with E-state index < -0.39 is 0 Å². The maximum atomic E-state index is 2.67. The molecular formula is C76H54. The summed E-state index contributed by atoms with van der Waals surface area (Å²) in [5.74, 6) is 0.0743. The van der Waals surface area contributed by atoms with E-state index in [1.807, 2.05) is 0 Å². The fourth-order valence-corrected chi connectivity index (χ4v) is 15.4. The van der Waals surface area contributed by atoms with Gasteiger partial charge in [0.15, 0.2) is 0 Å². The number of benzene rings is 12. The third-order valence-electron chi connectivity index (χ3n) is 18.0. The molecule has 4 aliphatic carbocycles. The molecule has 0 bridgehead atoms. The highest BCUT2D eigenvalue weighted by molar-refractivity contribution is 6.36. The minimum atomic E-state index is 0.0371. The zero-order valence-electron chi connectivity index (χ0n) is 43.8. The number of hydrogen-bond donors (Lipinski definition) is 0. The predicted molar refractivity (Wildman–Crippen MR) is 322 cm³/mol. The lowest BCUT2D eigenvalue weighted by atomic mass is 9.80. The second kappa shape index (κ2) is 15.8. The van der Waals surface area contributed by atoms with Crippen LogP contribution in [-0.2, 0) is 0 Å². The Labute approximate surface area is 445 Å². The fraction of sp³-hybridized carbons (Fsp3) is 0.105. The summed E-state index contributed by atoms with van der Waals surface area (Å²) in [7, 11) is 0. The Hall–Kier alpha value is -8.84. The molecule has 12 aromatic carbocycles. The molecule has 0 spiro atoms. The second-order valence-corrected chi connectivity index (χ2v) is 22.5. The Morgan fingerprint density at radius 3 is 0.895 bits per heavy atom. The molecule has 0 nitrogen and oxygen atoms in total. The molecule has 358 valence electrons. The normalized spacial score (nSPS) is 15.7. The van der Waals surface area contributed by atoms with Gasteiger partial charge in [-0.1, -0.05) is 181 Å². The van der Waals surface area contributed by atoms with Crippen LogP contribution in [-0.4, -0.2) is 0 Å². The lowest BCUT2D eigenvalue weighted by molar-refractivity contribution is 1.04. The molecule has 0 heterocycles. The lowest BCUT2D eigenvalue weighted by Crippen LogP contribution is -2.04. The van der Waals surface area contributed by atoms with Gasteiger partial charge in [-0.3, -0.25) is 0 Å². The monoisotopic (exact) mass is 966 g/mol. The first kappa shape index (κ1) is 43.5. The number of aryl methyl sites for hydroxylation is 6. The third kappa shape index (κ3) is 5.90. The van der Waals surface area contributed by atoms with Crippen LogP contribution in [0.2, 0.25) is 0 Å². The molecule has 0 aliphatic heterocycles. The highest BCUT2D eigenvalue weighted by Gasteiger charge is 2.44. The van der Waals surface area contributed by atoms with Gasteiger partial charge in [0.2, 0.25) is 0 Å². The summed E-state index contributed by atoms with van der Waals surface area (Å²) in [6, 6.07) is 79.9. The van der Waals surface area contributed by atoms with Crippen LogP contribution in [0.15, 0.2) is 206 Å². The first-order valence-corrected chi connectivity index (χ1v) is 27.2. The molecule has 0 fully saturated rings. The smallest absolute Gasteiger partial charge is 0.0364 e. The van der Waals surface area contributed by atoms with Gasteiger partial charge in [-0.05, 0) is 255 Å². The number of allylic oxidation sites excluding steroid dienone is 2. The summed E-state index contributed by atoms with van der Waals surface area (Å²) in [5.41, 5.74) is 35.1. The van der Waals surface area contributed by atoms with E-state index in [1.165, 1.54) is 188 Å². The highest BCUT2D eigenvalue weighted by Crippen LogP contribution is 2.64. The van der Waals surface area contributed by atoms with Crippen molar-refractivity contribution < 1.29 is 0 Å². The molecule has 2 unspecified atom stereocenters. The Kier molecular flexibility index (Phi) is 9.08. The van der Waals surface area contributed by atoms with Crippen LogP contribution in [0.25, 0.3) is 87.6 Å². The fourth-order valence-electron chi connectivity index (χ4n) is 15.4. The molecule has 0 saturated heterocycles. The van der Waals surface area contributed by atoms with E-state index in [4.69, 9.17) is 0 Å². The number of rotatable bonds is 4. The molecule has 4 aliphatic rings. The highest BCUT2D eigenvalue weighted by atomic mass is 14.5. The molecule has 2 atom stereocenters. The van der Waals surface area contributed by atoms with Gasteiger partial charge >= 0.3 is 0 Å². The van der Waals surface area contributed by atoms with Crippen molar-refractivity contribution in [3.8, 4) is 22.3 Å². The van der Waals surface area contributed by atoms with Gasteiger partial charge in [0.25, 0.3) is 0 Å². The van der Waals surface area contributed by atoms with Crippen LogP contribution >= 0.6 is 0 Å². The van der Waals surface area contributed by atoms with Gasteiger partial charge in [0, 0.05) is 11.8 Å². The summed E-state index contributed by atoms with van der Waals surface area (Å²) < 4.78 is 0. The number of hydrogen-bond acceptors (Lipinski definition) is 0. The summed E-state index contributed by atoms with van der Waals surface area (Å²) in [6.07, 6.45) is 0. The Morgan fingerprint density at radius 1 is 0.237 bits per heavy atom. The molecular weight excluding hydrogens is 913 g/mol. The maximum Gasteiger partial charge on any atom is 0.0364 e. The van der Waals surface area contributed by atoms with E-state index in [0.29, 0.717) is 0 Å². The first-order chi connectivity index (χ1) is 37.2. The minimum Gasteiger partial charge on any atom is -0.0619 e. The van der Waals surface area contributed by atoms with E-state index in [0.717, 1.165) is 0 Å². The van der Waals surface area contributed by atoms with Crippen molar-refractivity contribution in [2.24, 2.45) is 0 Å². The standard InChI is InChI=1S/C76H54/c1-41-31-43(3)67(44(4)32-41)73-63-37-59-55-27-15-17-29-57(55)71(69-51-23-11-7-19-47(51)35-48-20-8-12-24-52(48)69)61(59)39-65(63)76-74(68-45(5)33-42(2)34-46(68)6)64-38-60-56-28-16-18-30-58(56)72(62(60)40-66(64)75(73)76)70-53-25-13-9-21-49(53)36-50-22-10-14-26-54(50)70/h7-40,71-72H,1-6H3. The van der Waals surface area contributed by atoms with E-state index in [1.54, 1.807) is 0 Å². The van der Waals surface area contributed by atoms with Crippen LogP contribution in [0.1, 0.15) is 112 Å². The van der Waals surface area contributed by atoms with Gasteiger partial charge in [-0.25, -0.2) is 0 Å². The van der Waals surface area contributed by atoms with Gasteiger partial charge in [-0.15, -0.1) is 0 Å². The van der Waals surface area contributed by atoms with Crippen molar-refractivity contribution >= 4 is 65.4 Å². The van der Waals surface area contributed by atoms with Crippen LogP contribution < -0.4 is 0 Å². The van der Waals surface area contributed by atoms with E-state index >= 15 is 0 Å². The molecule has 0 amide bonds. The number of fused-ring (bicyclic) bond motifs is 15. The van der Waals surface area contributed by atoms with E-state index in [2.05, 4.69) is 248 Å². The SMILES string of the molecule is Cc1cc(C)c(C2=C3C(=C(c4c(C)cc(C)cc4C)c4cc5c(cc43)C(c3c4ccccc4cc4ccccc34)c3ccccc3-5)c3cc4c(cc32)-c2ccccc2C4c2c3ccccc3cc3ccccc23)c(C)c1. The predicted octanol–water partition coefficient (Wildman–Crippen LogP) is 19.7. The van der Waals surface area contributed by atoms with Crippen molar-refractivity contribution in [1.29, 1.82) is 0 Å². The molecule has 0 heteroatoms. The second-order valence-electron chi connectivity index (χ2n) is 22.5. The van der Waals surface area contributed by atoms with Gasteiger partial charge < -0.3 is 0 Å². The van der Waals surface area contributed by atoms with Crippen LogP contribution in [0, 0.1) is 41.5 Å². The summed E-state index contributed by atoms with van der Waals surface area (Å²) in [6.45, 7) is 13.9. The zero-order valence-corrected chi connectivity index (χ0v) is 43.8. The summed E-state index contributed by atoms with van der Waals surface area (Å²) in [5, 5.41) is 10.4. The third-order valence-corrected chi connectivity index (χ3v) is 18.0. The average Bonchev–Trinajstić information content (AvgIpc) is 4.15. The van der Waals surface area contributed by atoms with Gasteiger partial charge in [0.1, 0.15) is 0 Å². The topological polar surface area (TPSA) is 0 Å². The van der Waals surface area contributed by atoms with E-state index in [-0.39, 0.29) is 11.8 Å². The molecule has 16 rings (SSSR count). The molecule has 0 saturated carbocycles. The Bertz CT molecular complexity index is 4240. The van der Waals surface area contributed by atoms with E-state index in [9.17, 15) is 0 Å². The van der Waals surface area contributed by atoms with Gasteiger partial charge in [0.05, 0.1) is 0 Å². The molecule has 12 aromatic rings. The molecule has 0 aromatic heterocycles. The maximum absolute atomic E-state index is 2.67. The minimum absolute atomic E-state index is 0.0371. The van der Waals surface area contributed by atoms with Crippen LogP contribution in [0.4, 0.5) is 0 Å². The molecule has 0 N–H and O–H groups in total. The van der Waals surface area contributed by atoms with Crippen molar-refractivity contribution in [1.82, 2.24) is 0 Å². The molecule has 0 radical (unpaired) electrons. The first-order valence-electron chi connectivity index (χ1n) is 27.2. The average molecular weight is 967 g/mol. The van der Waals surface area contributed by atoms with Gasteiger partial charge in [-0.2, -0.15) is 0 Å². The van der Waals surface area contributed by atoms with Crippen LogP contribution in [0.5, 0.6) is 0 Å². The van der Waals surface area contributed by atoms with Crippen molar-refractivity contribution in [2.45, 2.75) is 53.4 Å². The largest absolute Gasteiger partial charge is 0.0619 e. The summed E-state index contributed by atoms with van der Waals surface area (Å²) >= 11 is 0. The zero-order chi connectivity index (χ0) is 50.8.